The zero-order chi connectivity index (χ0) is 27.8. The summed E-state index contributed by atoms with van der Waals surface area (Å²) < 4.78 is 6.11. The Hall–Kier alpha value is -3.08. The molecule has 0 unspecified atom stereocenters. The maximum absolute atomic E-state index is 6.11. The lowest BCUT2D eigenvalue weighted by molar-refractivity contribution is 0.108. The normalized spacial score (nSPS) is 14.4. The molecule has 0 bridgehead atoms. The lowest BCUT2D eigenvalue weighted by Gasteiger charge is -2.38. The number of hydrogen-bond donors (Lipinski definition) is 0. The minimum atomic E-state index is 0.604. The van der Waals surface area contributed by atoms with Crippen molar-refractivity contribution in [3.63, 3.8) is 0 Å². The number of likely N-dealkylation sites (tertiary alicyclic amines) is 1. The van der Waals surface area contributed by atoms with Gasteiger partial charge in [-0.25, -0.2) is 0 Å². The molecule has 0 spiro atoms. The summed E-state index contributed by atoms with van der Waals surface area (Å²) in [5, 5.41) is 0. The fraction of sp³-hybridized carbons (Fsp3) is 0.429. The van der Waals surface area contributed by atoms with Gasteiger partial charge in [0.05, 0.1) is 0 Å². The fourth-order valence-corrected chi connectivity index (χ4v) is 5.49. The SMILES string of the molecule is CC(C)=CCN(Cc1ccc(OCc2cc(C)cc(C)c2)cc1)C1CCN(Cc2ccc(N(C)C)cc2)CC1. The van der Waals surface area contributed by atoms with Gasteiger partial charge >= 0.3 is 0 Å². The third kappa shape index (κ3) is 8.98. The van der Waals surface area contributed by atoms with E-state index in [1.54, 1.807) is 0 Å². The molecule has 0 amide bonds. The Morgan fingerprint density at radius 3 is 2.05 bits per heavy atom. The van der Waals surface area contributed by atoms with Gasteiger partial charge in [-0.2, -0.15) is 0 Å². The van der Waals surface area contributed by atoms with Gasteiger partial charge in [0.1, 0.15) is 12.4 Å². The van der Waals surface area contributed by atoms with Gasteiger partial charge in [0.2, 0.25) is 0 Å². The maximum atomic E-state index is 6.11. The molecule has 3 aromatic rings. The molecular weight excluding hydrogens is 478 g/mol. The van der Waals surface area contributed by atoms with Crippen molar-refractivity contribution in [3.05, 3.63) is 106 Å². The number of aryl methyl sites for hydroxylation is 2. The van der Waals surface area contributed by atoms with Gasteiger partial charge < -0.3 is 9.64 Å². The summed E-state index contributed by atoms with van der Waals surface area (Å²) in [5.41, 5.74) is 9.18. The van der Waals surface area contributed by atoms with E-state index in [4.69, 9.17) is 4.74 Å². The van der Waals surface area contributed by atoms with E-state index >= 15 is 0 Å². The predicted molar refractivity (Wildman–Crippen MR) is 166 cm³/mol. The number of piperidine rings is 1. The van der Waals surface area contributed by atoms with Gasteiger partial charge in [0, 0.05) is 45.5 Å². The van der Waals surface area contributed by atoms with Crippen molar-refractivity contribution in [1.29, 1.82) is 0 Å². The van der Waals surface area contributed by atoms with E-state index in [9.17, 15) is 0 Å². The maximum Gasteiger partial charge on any atom is 0.119 e. The minimum absolute atomic E-state index is 0.604. The molecule has 0 aliphatic carbocycles. The van der Waals surface area contributed by atoms with Crippen molar-refractivity contribution in [2.75, 3.05) is 38.6 Å². The number of hydrogen-bond acceptors (Lipinski definition) is 4. The molecule has 4 rings (SSSR count). The Morgan fingerprint density at radius 2 is 1.46 bits per heavy atom. The smallest absolute Gasteiger partial charge is 0.119 e. The van der Waals surface area contributed by atoms with Crippen LogP contribution in [0, 0.1) is 13.8 Å². The number of rotatable bonds is 11. The van der Waals surface area contributed by atoms with Crippen LogP contribution in [0.25, 0.3) is 0 Å². The largest absolute Gasteiger partial charge is 0.489 e. The zero-order valence-corrected chi connectivity index (χ0v) is 24.9. The number of nitrogens with zero attached hydrogens (tertiary/aromatic N) is 3. The van der Waals surface area contributed by atoms with Crippen molar-refractivity contribution in [2.45, 2.75) is 66.3 Å². The van der Waals surface area contributed by atoms with Gasteiger partial charge in [-0.05, 0) is 94.6 Å². The van der Waals surface area contributed by atoms with Crippen LogP contribution in [0.1, 0.15) is 54.5 Å². The van der Waals surface area contributed by atoms with Crippen LogP contribution in [-0.4, -0.2) is 49.6 Å². The van der Waals surface area contributed by atoms with Crippen LogP contribution in [0.15, 0.2) is 78.4 Å². The molecule has 4 heteroatoms. The number of anilines is 1. The number of allylic oxidation sites excluding steroid dienone is 1. The molecule has 3 aromatic carbocycles. The first kappa shape index (κ1) is 28.9. The molecule has 0 N–H and O–H groups in total. The Bertz CT molecular complexity index is 1180. The highest BCUT2D eigenvalue weighted by Crippen LogP contribution is 2.23. The summed E-state index contributed by atoms with van der Waals surface area (Å²) in [6.07, 6.45) is 4.80. The number of ether oxygens (including phenoxy) is 1. The summed E-state index contributed by atoms with van der Waals surface area (Å²) in [6.45, 7) is 14.6. The highest BCUT2D eigenvalue weighted by molar-refractivity contribution is 5.46. The molecule has 1 fully saturated rings. The van der Waals surface area contributed by atoms with E-state index in [0.29, 0.717) is 12.6 Å². The minimum Gasteiger partial charge on any atom is -0.489 e. The van der Waals surface area contributed by atoms with Crippen molar-refractivity contribution in [3.8, 4) is 5.75 Å². The van der Waals surface area contributed by atoms with Crippen LogP contribution in [0.5, 0.6) is 5.75 Å². The monoisotopic (exact) mass is 525 g/mol. The first-order valence-electron chi connectivity index (χ1n) is 14.4. The molecule has 4 nitrogen and oxygen atoms in total. The van der Waals surface area contributed by atoms with E-state index in [1.807, 2.05) is 0 Å². The van der Waals surface area contributed by atoms with Crippen LogP contribution in [0.3, 0.4) is 0 Å². The lowest BCUT2D eigenvalue weighted by Crippen LogP contribution is -2.44. The van der Waals surface area contributed by atoms with Gasteiger partial charge in [-0.1, -0.05) is 65.2 Å². The molecule has 0 atom stereocenters. The van der Waals surface area contributed by atoms with E-state index in [2.05, 4.69) is 129 Å². The van der Waals surface area contributed by atoms with Crippen molar-refractivity contribution in [2.24, 2.45) is 0 Å². The topological polar surface area (TPSA) is 19.0 Å². The molecule has 1 aliphatic rings. The third-order valence-electron chi connectivity index (χ3n) is 7.66. The van der Waals surface area contributed by atoms with E-state index in [1.165, 1.54) is 51.9 Å². The first-order chi connectivity index (χ1) is 18.7. The second-order valence-corrected chi connectivity index (χ2v) is 11.7. The van der Waals surface area contributed by atoms with Gasteiger partial charge in [-0.15, -0.1) is 0 Å². The molecule has 1 aliphatic heterocycles. The Kier molecular flexibility index (Phi) is 10.2. The molecule has 0 radical (unpaired) electrons. The predicted octanol–water partition coefficient (Wildman–Crippen LogP) is 7.38. The molecule has 208 valence electrons. The summed E-state index contributed by atoms with van der Waals surface area (Å²) in [6, 6.07) is 24.9. The Balaban J connectivity index is 1.32. The Labute approximate surface area is 236 Å². The first-order valence-corrected chi connectivity index (χ1v) is 14.4. The molecule has 39 heavy (non-hydrogen) atoms. The van der Waals surface area contributed by atoms with Crippen molar-refractivity contribution in [1.82, 2.24) is 9.80 Å². The highest BCUT2D eigenvalue weighted by Gasteiger charge is 2.24. The summed E-state index contributed by atoms with van der Waals surface area (Å²) in [4.78, 5) is 7.44. The second kappa shape index (κ2) is 13.8. The second-order valence-electron chi connectivity index (χ2n) is 11.7. The molecule has 1 heterocycles. The van der Waals surface area contributed by atoms with Crippen LogP contribution in [0.2, 0.25) is 0 Å². The fourth-order valence-electron chi connectivity index (χ4n) is 5.49. The standard InChI is InChI=1S/C35H47N3O/c1-27(2)15-20-38(34-16-18-37(19-17-34)24-30-7-11-33(12-8-30)36(5)6)25-31-9-13-35(14-10-31)39-26-32-22-28(3)21-29(4)23-32/h7-15,21-23,34H,16-20,24-26H2,1-6H3. The van der Waals surface area contributed by atoms with Gasteiger partial charge in [0.25, 0.3) is 0 Å². The Morgan fingerprint density at radius 1 is 0.846 bits per heavy atom. The van der Waals surface area contributed by atoms with Crippen LogP contribution < -0.4 is 9.64 Å². The van der Waals surface area contributed by atoms with Crippen LogP contribution in [-0.2, 0) is 19.7 Å². The van der Waals surface area contributed by atoms with E-state index in [0.717, 1.165) is 38.5 Å². The van der Waals surface area contributed by atoms with E-state index < -0.39 is 0 Å². The average molecular weight is 526 g/mol. The molecule has 0 aromatic heterocycles. The van der Waals surface area contributed by atoms with Crippen molar-refractivity contribution < 1.29 is 4.74 Å². The summed E-state index contributed by atoms with van der Waals surface area (Å²) >= 11 is 0. The van der Waals surface area contributed by atoms with Crippen molar-refractivity contribution >= 4 is 5.69 Å². The zero-order valence-electron chi connectivity index (χ0n) is 24.9. The van der Waals surface area contributed by atoms with Crippen LogP contribution in [0.4, 0.5) is 5.69 Å². The van der Waals surface area contributed by atoms with Gasteiger partial charge in [0.15, 0.2) is 0 Å². The van der Waals surface area contributed by atoms with E-state index in [-0.39, 0.29) is 0 Å². The summed E-state index contributed by atoms with van der Waals surface area (Å²) in [7, 11) is 4.19. The quantitative estimate of drug-likeness (QED) is 0.243. The van der Waals surface area contributed by atoms with Gasteiger partial charge in [-0.3, -0.25) is 9.80 Å². The summed E-state index contributed by atoms with van der Waals surface area (Å²) in [5.74, 6) is 0.931. The molecule has 0 saturated carbocycles. The number of benzene rings is 3. The lowest BCUT2D eigenvalue weighted by atomic mass is 10.0. The third-order valence-corrected chi connectivity index (χ3v) is 7.66. The highest BCUT2D eigenvalue weighted by atomic mass is 16.5. The average Bonchev–Trinajstić information content (AvgIpc) is 2.91. The molecule has 1 saturated heterocycles. The molecular formula is C35H47N3O. The van der Waals surface area contributed by atoms with Crippen LogP contribution >= 0.6 is 0 Å².